The van der Waals surface area contributed by atoms with Crippen LogP contribution in [0.25, 0.3) is 0 Å². The zero-order valence-corrected chi connectivity index (χ0v) is 16.3. The summed E-state index contributed by atoms with van der Waals surface area (Å²) >= 11 is 0. The first-order chi connectivity index (χ1) is 9.58. The molecule has 0 aliphatic rings. The van der Waals surface area contributed by atoms with Crippen molar-refractivity contribution < 1.29 is 0 Å². The molecule has 0 aromatic rings. The Kier molecular flexibility index (Phi) is 12.0. The predicted octanol–water partition coefficient (Wildman–Crippen LogP) is 7.66. The van der Waals surface area contributed by atoms with Crippen LogP contribution in [0.2, 0.25) is 0 Å². The van der Waals surface area contributed by atoms with Crippen LogP contribution in [-0.2, 0) is 0 Å². The number of unbranched alkanes of at least 4 members (excludes halogenated alkanes) is 1. The van der Waals surface area contributed by atoms with Crippen molar-refractivity contribution in [1.29, 1.82) is 0 Å². The van der Waals surface area contributed by atoms with Crippen molar-refractivity contribution in [1.82, 2.24) is 0 Å². The van der Waals surface area contributed by atoms with Gasteiger partial charge < -0.3 is 0 Å². The van der Waals surface area contributed by atoms with Gasteiger partial charge in [-0.15, -0.1) is 13.2 Å². The highest BCUT2D eigenvalue weighted by atomic mass is 14.3. The lowest BCUT2D eigenvalue weighted by molar-refractivity contribution is 0.284. The Balaban J connectivity index is 0. The summed E-state index contributed by atoms with van der Waals surface area (Å²) in [5.74, 6) is 1.52. The van der Waals surface area contributed by atoms with E-state index in [-0.39, 0.29) is 0 Å². The Morgan fingerprint density at radius 2 is 1.14 bits per heavy atom. The van der Waals surface area contributed by atoms with Crippen LogP contribution in [-0.4, -0.2) is 0 Å². The van der Waals surface area contributed by atoms with Gasteiger partial charge >= 0.3 is 0 Å². The van der Waals surface area contributed by atoms with Crippen LogP contribution < -0.4 is 0 Å². The predicted molar refractivity (Wildman–Crippen MR) is 101 cm³/mol. The Bertz CT molecular complexity index is 270. The molecule has 0 aliphatic carbocycles. The first kappa shape index (κ1) is 22.8. The van der Waals surface area contributed by atoms with Crippen LogP contribution in [0.1, 0.15) is 87.5 Å². The highest BCUT2D eigenvalue weighted by molar-refractivity contribution is 4.91. The van der Waals surface area contributed by atoms with Crippen LogP contribution in [0.15, 0.2) is 25.3 Å². The van der Waals surface area contributed by atoms with Crippen LogP contribution in [0, 0.1) is 22.7 Å². The molecule has 0 nitrogen and oxygen atoms in total. The third-order valence-corrected chi connectivity index (χ3v) is 5.30. The van der Waals surface area contributed by atoms with E-state index in [1.807, 2.05) is 0 Å². The van der Waals surface area contributed by atoms with E-state index in [2.05, 4.69) is 80.7 Å². The smallest absolute Gasteiger partial charge is 0.0152 e. The molecule has 0 fully saturated rings. The van der Waals surface area contributed by atoms with Crippen molar-refractivity contribution in [3.05, 3.63) is 25.3 Å². The van der Waals surface area contributed by atoms with Crippen LogP contribution >= 0.6 is 0 Å². The third-order valence-electron chi connectivity index (χ3n) is 5.30. The van der Waals surface area contributed by atoms with Gasteiger partial charge in [0.15, 0.2) is 0 Å². The lowest BCUT2D eigenvalue weighted by atomic mass is 9.78. The first-order valence-electron chi connectivity index (χ1n) is 8.86. The molecule has 21 heavy (non-hydrogen) atoms. The van der Waals surface area contributed by atoms with Gasteiger partial charge in [-0.25, -0.2) is 0 Å². The second-order valence-corrected chi connectivity index (χ2v) is 7.78. The van der Waals surface area contributed by atoms with Crippen LogP contribution in [0.4, 0.5) is 0 Å². The normalized spacial score (nSPS) is 14.7. The van der Waals surface area contributed by atoms with Crippen molar-refractivity contribution in [2.24, 2.45) is 22.7 Å². The van der Waals surface area contributed by atoms with Crippen molar-refractivity contribution >= 4 is 0 Å². The van der Waals surface area contributed by atoms with E-state index in [1.165, 1.54) is 32.1 Å². The zero-order valence-electron chi connectivity index (χ0n) is 16.3. The Morgan fingerprint density at radius 1 is 0.762 bits per heavy atom. The molecule has 0 radical (unpaired) electrons. The van der Waals surface area contributed by atoms with E-state index in [9.17, 15) is 0 Å². The summed E-state index contributed by atoms with van der Waals surface area (Å²) in [6.45, 7) is 25.8. The lowest BCUT2D eigenvalue weighted by Gasteiger charge is -2.28. The quantitative estimate of drug-likeness (QED) is 0.383. The molecular formula is C21H42. The fourth-order valence-electron chi connectivity index (χ4n) is 2.09. The average Bonchev–Trinajstić information content (AvgIpc) is 2.45. The molecule has 0 aromatic heterocycles. The molecule has 0 heterocycles. The summed E-state index contributed by atoms with van der Waals surface area (Å²) in [6.07, 6.45) is 10.7. The van der Waals surface area contributed by atoms with Crippen molar-refractivity contribution in [2.45, 2.75) is 87.5 Å². The van der Waals surface area contributed by atoms with Crippen molar-refractivity contribution in [3.8, 4) is 0 Å². The molecule has 0 aromatic carbocycles. The topological polar surface area (TPSA) is 0 Å². The van der Waals surface area contributed by atoms with E-state index >= 15 is 0 Å². The van der Waals surface area contributed by atoms with Crippen LogP contribution in [0.3, 0.4) is 0 Å². The molecule has 0 N–H and O–H groups in total. The number of hydrogen-bond donors (Lipinski definition) is 0. The van der Waals surface area contributed by atoms with E-state index in [0.29, 0.717) is 10.8 Å². The molecule has 2 unspecified atom stereocenters. The molecule has 0 saturated carbocycles. The molecular weight excluding hydrogens is 252 g/mol. The van der Waals surface area contributed by atoms with Crippen molar-refractivity contribution in [2.75, 3.05) is 0 Å². The van der Waals surface area contributed by atoms with E-state index in [0.717, 1.165) is 11.8 Å². The van der Waals surface area contributed by atoms with Gasteiger partial charge in [-0.05, 0) is 29.1 Å². The minimum Gasteiger partial charge on any atom is -0.103 e. The molecule has 0 aliphatic heterocycles. The molecule has 0 amide bonds. The summed E-state index contributed by atoms with van der Waals surface area (Å²) in [5, 5.41) is 0. The van der Waals surface area contributed by atoms with E-state index in [4.69, 9.17) is 0 Å². The molecule has 0 bridgehead atoms. The van der Waals surface area contributed by atoms with Gasteiger partial charge in [0.05, 0.1) is 0 Å². The SMILES string of the molecule is C=CC(C)(C)C(C)CCC.C=CC(C)(C)C(C)CCCC. The summed E-state index contributed by atoms with van der Waals surface area (Å²) in [4.78, 5) is 0. The summed E-state index contributed by atoms with van der Waals surface area (Å²) < 4.78 is 0. The van der Waals surface area contributed by atoms with Gasteiger partial charge in [0.25, 0.3) is 0 Å². The average molecular weight is 295 g/mol. The van der Waals surface area contributed by atoms with Gasteiger partial charge in [0.1, 0.15) is 0 Å². The first-order valence-corrected chi connectivity index (χ1v) is 8.86. The second-order valence-electron chi connectivity index (χ2n) is 7.78. The van der Waals surface area contributed by atoms with Gasteiger partial charge in [-0.2, -0.15) is 0 Å². The molecule has 0 heteroatoms. The standard InChI is InChI=1S/C11H22.C10H20/c1-6-8-9-10(3)11(4,5)7-2;1-6-8-9(3)10(4,5)7-2/h7,10H,2,6,8-9H2,1,3-5H3;7,9H,2,6,8H2,1,3-5H3. The Labute approximate surface area is 136 Å². The maximum Gasteiger partial charge on any atom is -0.0152 e. The lowest BCUT2D eigenvalue weighted by Crippen LogP contribution is -2.18. The van der Waals surface area contributed by atoms with Gasteiger partial charge in [-0.3, -0.25) is 0 Å². The summed E-state index contributed by atoms with van der Waals surface area (Å²) in [7, 11) is 0. The Morgan fingerprint density at radius 3 is 1.43 bits per heavy atom. The third kappa shape index (κ3) is 9.93. The maximum absolute atomic E-state index is 3.86. The number of rotatable bonds is 9. The zero-order chi connectivity index (χ0) is 17.1. The molecule has 126 valence electrons. The van der Waals surface area contributed by atoms with E-state index in [1.54, 1.807) is 0 Å². The molecule has 2 atom stereocenters. The highest BCUT2D eigenvalue weighted by Crippen LogP contribution is 2.31. The second kappa shape index (κ2) is 11.1. The monoisotopic (exact) mass is 294 g/mol. The van der Waals surface area contributed by atoms with Crippen molar-refractivity contribution in [3.63, 3.8) is 0 Å². The van der Waals surface area contributed by atoms with Crippen LogP contribution in [0.5, 0.6) is 0 Å². The fraction of sp³-hybridized carbons (Fsp3) is 0.810. The Hall–Kier alpha value is -0.520. The molecule has 0 spiro atoms. The van der Waals surface area contributed by atoms with E-state index < -0.39 is 0 Å². The summed E-state index contributed by atoms with van der Waals surface area (Å²) in [5.41, 5.74) is 0.630. The molecule has 0 saturated heterocycles. The van der Waals surface area contributed by atoms with Gasteiger partial charge in [-0.1, -0.05) is 93.2 Å². The number of hydrogen-bond acceptors (Lipinski definition) is 0. The van der Waals surface area contributed by atoms with Gasteiger partial charge in [0.2, 0.25) is 0 Å². The molecule has 0 rings (SSSR count). The number of allylic oxidation sites excluding steroid dienone is 2. The maximum atomic E-state index is 3.86. The van der Waals surface area contributed by atoms with Gasteiger partial charge in [0, 0.05) is 0 Å². The minimum absolute atomic E-state index is 0.315. The minimum atomic E-state index is 0.315. The summed E-state index contributed by atoms with van der Waals surface area (Å²) in [6, 6.07) is 0. The highest BCUT2D eigenvalue weighted by Gasteiger charge is 2.21. The fourth-order valence-corrected chi connectivity index (χ4v) is 2.09. The largest absolute Gasteiger partial charge is 0.103 e.